The van der Waals surface area contributed by atoms with E-state index >= 15 is 0 Å². The SMILES string of the molecule is Cc1ccc(C)c(S(=O)(=O)Nc2cccc(-c3nnc4n3CCC4)c2)c1. The number of aryl methyl sites for hydroxylation is 3. The van der Waals surface area contributed by atoms with Crippen molar-refractivity contribution in [2.24, 2.45) is 0 Å². The molecule has 0 saturated carbocycles. The fourth-order valence-electron chi connectivity index (χ4n) is 3.29. The van der Waals surface area contributed by atoms with Crippen LogP contribution in [0, 0.1) is 13.8 Å². The molecule has 6 nitrogen and oxygen atoms in total. The first-order valence-corrected chi connectivity index (χ1v) is 10.0. The van der Waals surface area contributed by atoms with E-state index in [0.717, 1.165) is 47.7 Å². The van der Waals surface area contributed by atoms with Gasteiger partial charge in [0.1, 0.15) is 5.82 Å². The predicted octanol–water partition coefficient (Wildman–Crippen LogP) is 3.31. The van der Waals surface area contributed by atoms with Gasteiger partial charge in [0.05, 0.1) is 4.90 Å². The number of hydrogen-bond acceptors (Lipinski definition) is 4. The van der Waals surface area contributed by atoms with Gasteiger partial charge < -0.3 is 4.57 Å². The molecule has 1 aliphatic rings. The Hall–Kier alpha value is -2.67. The van der Waals surface area contributed by atoms with Crippen molar-refractivity contribution < 1.29 is 8.42 Å². The van der Waals surface area contributed by atoms with E-state index in [2.05, 4.69) is 19.5 Å². The lowest BCUT2D eigenvalue weighted by molar-refractivity contribution is 0.600. The fourth-order valence-corrected chi connectivity index (χ4v) is 4.67. The third-order valence-corrected chi connectivity index (χ3v) is 6.14. The average molecular weight is 368 g/mol. The summed E-state index contributed by atoms with van der Waals surface area (Å²) in [6.07, 6.45) is 2.00. The standard InChI is InChI=1S/C19H20N4O2S/c1-13-8-9-14(2)17(11-13)26(24,25)22-16-6-3-5-15(12-16)19-21-20-18-7-4-10-23(18)19/h3,5-6,8-9,11-12,22H,4,7,10H2,1-2H3. The smallest absolute Gasteiger partial charge is 0.262 e. The summed E-state index contributed by atoms with van der Waals surface area (Å²) >= 11 is 0. The summed E-state index contributed by atoms with van der Waals surface area (Å²) in [4.78, 5) is 0.297. The molecule has 0 saturated heterocycles. The van der Waals surface area contributed by atoms with Crippen LogP contribution >= 0.6 is 0 Å². The van der Waals surface area contributed by atoms with E-state index in [-0.39, 0.29) is 0 Å². The van der Waals surface area contributed by atoms with Gasteiger partial charge in [0.25, 0.3) is 10.0 Å². The van der Waals surface area contributed by atoms with E-state index < -0.39 is 10.0 Å². The number of sulfonamides is 1. The average Bonchev–Trinajstić information content (AvgIpc) is 3.20. The molecule has 1 aromatic heterocycles. The van der Waals surface area contributed by atoms with Gasteiger partial charge >= 0.3 is 0 Å². The highest BCUT2D eigenvalue weighted by molar-refractivity contribution is 7.92. The Labute approximate surface area is 153 Å². The Bertz CT molecular complexity index is 1090. The van der Waals surface area contributed by atoms with Crippen molar-refractivity contribution in [2.75, 3.05) is 4.72 Å². The van der Waals surface area contributed by atoms with Gasteiger partial charge in [-0.25, -0.2) is 8.42 Å². The fraction of sp³-hybridized carbons (Fsp3) is 0.263. The summed E-state index contributed by atoms with van der Waals surface area (Å²) in [6.45, 7) is 4.57. The van der Waals surface area contributed by atoms with E-state index in [4.69, 9.17) is 0 Å². The third-order valence-electron chi connectivity index (χ3n) is 4.62. The Morgan fingerprint density at radius 2 is 1.92 bits per heavy atom. The third kappa shape index (κ3) is 2.99. The molecule has 1 aliphatic heterocycles. The van der Waals surface area contributed by atoms with Crippen LogP contribution in [-0.4, -0.2) is 23.2 Å². The first-order valence-electron chi connectivity index (χ1n) is 8.57. The predicted molar refractivity (Wildman–Crippen MR) is 101 cm³/mol. The zero-order chi connectivity index (χ0) is 18.3. The molecule has 0 bridgehead atoms. The van der Waals surface area contributed by atoms with Gasteiger partial charge in [0.2, 0.25) is 0 Å². The minimum absolute atomic E-state index is 0.297. The van der Waals surface area contributed by atoms with E-state index in [1.54, 1.807) is 25.1 Å². The van der Waals surface area contributed by atoms with E-state index in [1.807, 2.05) is 31.2 Å². The number of anilines is 1. The highest BCUT2D eigenvalue weighted by Crippen LogP contribution is 2.27. The normalized spacial score (nSPS) is 13.6. The molecule has 0 fully saturated rings. The van der Waals surface area contributed by atoms with Gasteiger partial charge in [-0.2, -0.15) is 0 Å². The molecule has 7 heteroatoms. The Morgan fingerprint density at radius 3 is 2.77 bits per heavy atom. The largest absolute Gasteiger partial charge is 0.311 e. The second-order valence-corrected chi connectivity index (χ2v) is 8.30. The maximum atomic E-state index is 12.8. The molecule has 0 radical (unpaired) electrons. The van der Waals surface area contributed by atoms with Crippen molar-refractivity contribution in [3.05, 3.63) is 59.4 Å². The number of rotatable bonds is 4. The van der Waals surface area contributed by atoms with Crippen LogP contribution in [-0.2, 0) is 23.0 Å². The maximum absolute atomic E-state index is 12.8. The highest BCUT2D eigenvalue weighted by atomic mass is 32.2. The van der Waals surface area contributed by atoms with Crippen molar-refractivity contribution in [2.45, 2.75) is 38.1 Å². The summed E-state index contributed by atoms with van der Waals surface area (Å²) < 4.78 is 30.4. The quantitative estimate of drug-likeness (QED) is 0.766. The zero-order valence-electron chi connectivity index (χ0n) is 14.7. The molecule has 26 heavy (non-hydrogen) atoms. The molecule has 0 spiro atoms. The number of aromatic nitrogens is 3. The monoisotopic (exact) mass is 368 g/mol. The molecule has 0 aliphatic carbocycles. The lowest BCUT2D eigenvalue weighted by Crippen LogP contribution is -2.14. The van der Waals surface area contributed by atoms with Crippen molar-refractivity contribution in [1.29, 1.82) is 0 Å². The van der Waals surface area contributed by atoms with Gasteiger partial charge in [0.15, 0.2) is 5.82 Å². The molecule has 4 rings (SSSR count). The number of hydrogen-bond donors (Lipinski definition) is 1. The van der Waals surface area contributed by atoms with E-state index in [1.165, 1.54) is 0 Å². The van der Waals surface area contributed by atoms with Crippen LogP contribution in [0.1, 0.15) is 23.4 Å². The summed E-state index contributed by atoms with van der Waals surface area (Å²) in [5, 5.41) is 8.49. The van der Waals surface area contributed by atoms with Gasteiger partial charge in [-0.05, 0) is 49.6 Å². The summed E-state index contributed by atoms with van der Waals surface area (Å²) in [5.41, 5.74) is 2.99. The number of nitrogens with one attached hydrogen (secondary N) is 1. The molecule has 1 N–H and O–H groups in total. The van der Waals surface area contributed by atoms with Gasteiger partial charge in [-0.3, -0.25) is 4.72 Å². The van der Waals surface area contributed by atoms with Crippen LogP contribution in [0.5, 0.6) is 0 Å². The lowest BCUT2D eigenvalue weighted by Gasteiger charge is -2.12. The Morgan fingerprint density at radius 1 is 1.08 bits per heavy atom. The van der Waals surface area contributed by atoms with Crippen molar-refractivity contribution in [3.63, 3.8) is 0 Å². The molecule has 0 unspecified atom stereocenters. The molecule has 134 valence electrons. The van der Waals surface area contributed by atoms with E-state index in [0.29, 0.717) is 10.6 Å². The molecule has 2 heterocycles. The number of benzene rings is 2. The summed E-state index contributed by atoms with van der Waals surface area (Å²) in [6, 6.07) is 12.7. The number of nitrogens with zero attached hydrogens (tertiary/aromatic N) is 3. The van der Waals surface area contributed by atoms with Crippen molar-refractivity contribution in [3.8, 4) is 11.4 Å². The Balaban J connectivity index is 1.68. The molecule has 0 atom stereocenters. The first kappa shape index (κ1) is 16.8. The second-order valence-electron chi connectivity index (χ2n) is 6.65. The van der Waals surface area contributed by atoms with Crippen molar-refractivity contribution >= 4 is 15.7 Å². The van der Waals surface area contributed by atoms with Crippen LogP contribution in [0.15, 0.2) is 47.4 Å². The minimum atomic E-state index is -3.66. The van der Waals surface area contributed by atoms with Crippen LogP contribution in [0.2, 0.25) is 0 Å². The lowest BCUT2D eigenvalue weighted by atomic mass is 10.2. The van der Waals surface area contributed by atoms with Crippen LogP contribution in [0.4, 0.5) is 5.69 Å². The van der Waals surface area contributed by atoms with Crippen LogP contribution in [0.3, 0.4) is 0 Å². The molecular weight excluding hydrogens is 348 g/mol. The van der Waals surface area contributed by atoms with Crippen LogP contribution < -0.4 is 4.72 Å². The van der Waals surface area contributed by atoms with Gasteiger partial charge in [-0.15, -0.1) is 10.2 Å². The minimum Gasteiger partial charge on any atom is -0.311 e. The Kier molecular flexibility index (Phi) is 4.03. The maximum Gasteiger partial charge on any atom is 0.262 e. The summed E-state index contributed by atoms with van der Waals surface area (Å²) in [7, 11) is -3.66. The first-order chi connectivity index (χ1) is 12.4. The molecule has 3 aromatic rings. The van der Waals surface area contributed by atoms with Gasteiger partial charge in [-0.1, -0.05) is 24.3 Å². The molecule has 2 aromatic carbocycles. The second kappa shape index (κ2) is 6.25. The molecular formula is C19H20N4O2S. The van der Waals surface area contributed by atoms with Gasteiger partial charge in [0, 0.05) is 24.2 Å². The summed E-state index contributed by atoms with van der Waals surface area (Å²) in [5.74, 6) is 1.77. The van der Waals surface area contributed by atoms with Crippen LogP contribution in [0.25, 0.3) is 11.4 Å². The zero-order valence-corrected chi connectivity index (χ0v) is 15.5. The highest BCUT2D eigenvalue weighted by Gasteiger charge is 2.20. The van der Waals surface area contributed by atoms with E-state index in [9.17, 15) is 8.42 Å². The van der Waals surface area contributed by atoms with Crippen molar-refractivity contribution in [1.82, 2.24) is 14.8 Å². The topological polar surface area (TPSA) is 76.9 Å². The molecule has 0 amide bonds. The number of fused-ring (bicyclic) bond motifs is 1.